The molecule has 0 spiro atoms. The molecule has 1 aromatic carbocycles. The number of rotatable bonds is 12. The van der Waals surface area contributed by atoms with Crippen molar-refractivity contribution in [2.45, 2.75) is 43.6 Å². The van der Waals surface area contributed by atoms with Crippen molar-refractivity contribution in [1.82, 2.24) is 15.3 Å². The minimum absolute atomic E-state index is 0.0368. The highest BCUT2D eigenvalue weighted by molar-refractivity contribution is 7.93. The first kappa shape index (κ1) is 28.8. The maximum Gasteiger partial charge on any atom is 0.341 e. The first-order valence-electron chi connectivity index (χ1n) is 12.1. The second-order valence-electron chi connectivity index (χ2n) is 8.86. The molecular weight excluding hydrogens is 516 g/mol. The minimum atomic E-state index is -4.40. The van der Waals surface area contributed by atoms with Crippen molar-refractivity contribution in [3.05, 3.63) is 48.3 Å². The van der Waals surface area contributed by atoms with Gasteiger partial charge in [-0.15, -0.1) is 0 Å². The van der Waals surface area contributed by atoms with Gasteiger partial charge in [-0.05, 0) is 56.0 Å². The summed E-state index contributed by atoms with van der Waals surface area (Å²) in [5, 5.41) is 15.2. The first-order valence-corrected chi connectivity index (χ1v) is 13.7. The van der Waals surface area contributed by atoms with Crippen molar-refractivity contribution in [2.75, 3.05) is 35.7 Å². The number of sulfone groups is 1. The third-order valence-electron chi connectivity index (χ3n) is 6.12. The number of esters is 1. The number of carboxylic acid groups (broad SMARTS) is 1. The Morgan fingerprint density at radius 1 is 1.18 bits per heavy atom. The van der Waals surface area contributed by atoms with Crippen LogP contribution in [0.25, 0.3) is 0 Å². The number of ether oxygens (including phenoxy) is 1. The molecule has 1 unspecified atom stereocenters. The largest absolute Gasteiger partial charge is 0.479 e. The summed E-state index contributed by atoms with van der Waals surface area (Å²) in [7, 11) is -4.40. The Morgan fingerprint density at radius 3 is 2.50 bits per heavy atom. The van der Waals surface area contributed by atoms with Crippen LogP contribution in [-0.2, 0) is 24.2 Å². The quantitative estimate of drug-likeness (QED) is 0.215. The van der Waals surface area contributed by atoms with E-state index in [-0.39, 0.29) is 24.8 Å². The Balaban J connectivity index is 1.64. The molecule has 1 saturated heterocycles. The van der Waals surface area contributed by atoms with Crippen molar-refractivity contribution < 1.29 is 32.6 Å². The molecule has 1 fully saturated rings. The van der Waals surface area contributed by atoms with E-state index in [4.69, 9.17) is 5.73 Å². The molecule has 2 aromatic rings. The molecule has 2 heterocycles. The number of amides is 1. The van der Waals surface area contributed by atoms with Crippen LogP contribution in [0, 0.1) is 0 Å². The molecule has 3 rings (SSSR count). The summed E-state index contributed by atoms with van der Waals surface area (Å²) in [6.45, 7) is 0.922. The maximum atomic E-state index is 12.7. The van der Waals surface area contributed by atoms with Crippen molar-refractivity contribution in [2.24, 2.45) is 5.73 Å². The molecule has 14 heteroatoms. The molecule has 0 aliphatic carbocycles. The van der Waals surface area contributed by atoms with Gasteiger partial charge in [0.05, 0.1) is 18.9 Å². The summed E-state index contributed by atoms with van der Waals surface area (Å²) in [5.74, 6) is -3.17. The standard InChI is InChI=1S/C24H32N6O7S/c1-17(31)37-14-5-15-38(35,36)24(25,22(33)34)16-28-21(32)18-7-9-19(10-8-18)30-13-3-2-6-20(30)29-23-26-11-4-12-27-23/h4,7-12,20H,2-3,5-6,13-16,25H2,1H3,(H,28,32)(H,33,34)(H,26,27,29)/t20?,24-/m0/s1. The van der Waals surface area contributed by atoms with Crippen molar-refractivity contribution >= 4 is 39.3 Å². The number of hydrogen-bond donors (Lipinski definition) is 4. The fourth-order valence-corrected chi connectivity index (χ4v) is 5.42. The van der Waals surface area contributed by atoms with Crippen LogP contribution < -0.4 is 21.3 Å². The van der Waals surface area contributed by atoms with Gasteiger partial charge in [-0.1, -0.05) is 0 Å². The number of carbonyl (C=O) groups excluding carboxylic acids is 2. The van der Waals surface area contributed by atoms with E-state index in [1.807, 2.05) is 0 Å². The summed E-state index contributed by atoms with van der Waals surface area (Å²) in [6, 6.07) is 8.41. The van der Waals surface area contributed by atoms with E-state index in [1.54, 1.807) is 42.7 Å². The molecule has 0 bridgehead atoms. The van der Waals surface area contributed by atoms with Crippen LogP contribution in [0.1, 0.15) is 43.0 Å². The zero-order valence-electron chi connectivity index (χ0n) is 21.0. The van der Waals surface area contributed by atoms with Crippen LogP contribution in [0.3, 0.4) is 0 Å². The fraction of sp³-hybridized carbons (Fsp3) is 0.458. The van der Waals surface area contributed by atoms with Crippen molar-refractivity contribution in [1.29, 1.82) is 0 Å². The summed E-state index contributed by atoms with van der Waals surface area (Å²) in [5.41, 5.74) is 6.83. The highest BCUT2D eigenvalue weighted by Crippen LogP contribution is 2.25. The predicted octanol–water partition coefficient (Wildman–Crippen LogP) is 0.743. The summed E-state index contributed by atoms with van der Waals surface area (Å²) >= 11 is 0. The zero-order chi connectivity index (χ0) is 27.8. The highest BCUT2D eigenvalue weighted by atomic mass is 32.2. The van der Waals surface area contributed by atoms with E-state index >= 15 is 0 Å². The van der Waals surface area contributed by atoms with E-state index in [2.05, 4.69) is 30.2 Å². The van der Waals surface area contributed by atoms with Gasteiger partial charge < -0.3 is 31.1 Å². The van der Waals surface area contributed by atoms with Crippen molar-refractivity contribution in [3.8, 4) is 0 Å². The Bertz CT molecular complexity index is 1230. The Labute approximate surface area is 220 Å². The van der Waals surface area contributed by atoms with Gasteiger partial charge in [0.25, 0.3) is 5.91 Å². The van der Waals surface area contributed by atoms with Gasteiger partial charge in [0, 0.05) is 37.1 Å². The molecule has 13 nitrogen and oxygen atoms in total. The van der Waals surface area contributed by atoms with E-state index in [0.29, 0.717) is 5.95 Å². The second kappa shape index (κ2) is 12.6. The van der Waals surface area contributed by atoms with E-state index in [1.165, 1.54) is 6.92 Å². The monoisotopic (exact) mass is 548 g/mol. The number of aliphatic carboxylic acids is 1. The average molecular weight is 549 g/mol. The highest BCUT2D eigenvalue weighted by Gasteiger charge is 2.47. The molecule has 1 amide bonds. The molecule has 5 N–H and O–H groups in total. The van der Waals surface area contributed by atoms with Gasteiger partial charge in [-0.2, -0.15) is 0 Å². The molecule has 1 aliphatic heterocycles. The topological polar surface area (TPSA) is 194 Å². The number of nitrogens with two attached hydrogens (primary N) is 1. The Morgan fingerprint density at radius 2 is 1.87 bits per heavy atom. The third kappa shape index (κ3) is 7.16. The lowest BCUT2D eigenvalue weighted by molar-refractivity contribution is -0.141. The van der Waals surface area contributed by atoms with Crippen LogP contribution in [0.2, 0.25) is 0 Å². The fourth-order valence-electron chi connectivity index (χ4n) is 4.00. The minimum Gasteiger partial charge on any atom is -0.479 e. The maximum absolute atomic E-state index is 12.7. The first-order chi connectivity index (χ1) is 18.0. The Kier molecular flexibility index (Phi) is 9.58. The predicted molar refractivity (Wildman–Crippen MR) is 139 cm³/mol. The van der Waals surface area contributed by atoms with Crippen molar-refractivity contribution in [3.63, 3.8) is 0 Å². The number of piperidine rings is 1. The van der Waals surface area contributed by atoms with E-state index in [0.717, 1.165) is 31.5 Å². The number of carbonyl (C=O) groups is 3. The lowest BCUT2D eigenvalue weighted by Crippen LogP contribution is -2.62. The smallest absolute Gasteiger partial charge is 0.341 e. The van der Waals surface area contributed by atoms with Crippen LogP contribution in [0.15, 0.2) is 42.7 Å². The van der Waals surface area contributed by atoms with Gasteiger partial charge in [0.2, 0.25) is 10.8 Å². The summed E-state index contributed by atoms with van der Waals surface area (Å²) < 4.78 is 30.0. The lowest BCUT2D eigenvalue weighted by Gasteiger charge is -2.38. The molecule has 206 valence electrons. The number of hydrogen-bond acceptors (Lipinski definition) is 11. The number of benzene rings is 1. The van der Waals surface area contributed by atoms with Gasteiger partial charge in [0.15, 0.2) is 9.84 Å². The lowest BCUT2D eigenvalue weighted by atomic mass is 10.1. The van der Waals surface area contributed by atoms with Gasteiger partial charge in [-0.25, -0.2) is 23.2 Å². The molecular formula is C24H32N6O7S. The third-order valence-corrected chi connectivity index (χ3v) is 8.37. The summed E-state index contributed by atoms with van der Waals surface area (Å²) in [6.07, 6.45) is 6.06. The van der Waals surface area contributed by atoms with Crippen LogP contribution >= 0.6 is 0 Å². The molecule has 1 aromatic heterocycles. The van der Waals surface area contributed by atoms with E-state index < -0.39 is 44.9 Å². The SMILES string of the molecule is CC(=O)OCCCS(=O)(=O)[C@@](N)(CNC(=O)c1ccc(N2CCCCC2Nc2ncccn2)cc1)C(=O)O. The molecule has 0 radical (unpaired) electrons. The van der Waals surface area contributed by atoms with Gasteiger partial charge in [0.1, 0.15) is 6.17 Å². The molecule has 2 atom stereocenters. The van der Waals surface area contributed by atoms with Gasteiger partial charge >= 0.3 is 11.9 Å². The molecule has 0 saturated carbocycles. The van der Waals surface area contributed by atoms with Crippen LogP contribution in [-0.4, -0.2) is 77.8 Å². The Hall–Kier alpha value is -3.78. The number of aromatic nitrogens is 2. The number of nitrogens with zero attached hydrogens (tertiary/aromatic N) is 3. The second-order valence-corrected chi connectivity index (χ2v) is 11.2. The molecule has 38 heavy (non-hydrogen) atoms. The van der Waals surface area contributed by atoms with Crippen LogP contribution in [0.4, 0.5) is 11.6 Å². The zero-order valence-corrected chi connectivity index (χ0v) is 21.8. The van der Waals surface area contributed by atoms with E-state index in [9.17, 15) is 27.9 Å². The summed E-state index contributed by atoms with van der Waals surface area (Å²) in [4.78, 5) is 43.2. The number of anilines is 2. The average Bonchev–Trinajstić information content (AvgIpc) is 2.90. The number of carboxylic acids is 1. The van der Waals surface area contributed by atoms with Gasteiger partial charge in [-0.3, -0.25) is 9.59 Å². The normalized spacial score (nSPS) is 17.2. The van der Waals surface area contributed by atoms with Crippen LogP contribution in [0.5, 0.6) is 0 Å². The number of nitrogens with one attached hydrogen (secondary N) is 2. The molecule has 1 aliphatic rings.